The summed E-state index contributed by atoms with van der Waals surface area (Å²) in [5.74, 6) is 0. The zero-order chi connectivity index (χ0) is 11.1. The van der Waals surface area contributed by atoms with Crippen LogP contribution in [-0.2, 0) is 0 Å². The van der Waals surface area contributed by atoms with Crippen LogP contribution >= 0.6 is 11.3 Å². The van der Waals surface area contributed by atoms with Crippen LogP contribution in [0.5, 0.6) is 0 Å². The van der Waals surface area contributed by atoms with Crippen molar-refractivity contribution >= 4 is 19.7 Å². The standard InChI is InChI=1S/C9H16N2S.C2H6.B/c1-7(2)10-9-11(8(3)4)5-6-12-9;1-2;/h5-8H,1-4H3;1-2H3;. The van der Waals surface area contributed by atoms with Crippen molar-refractivity contribution in [3.05, 3.63) is 16.4 Å². The summed E-state index contributed by atoms with van der Waals surface area (Å²) in [6.45, 7) is 12.5. The molecule has 0 N–H and O–H groups in total. The Labute approximate surface area is 99.6 Å². The average molecular weight is 225 g/mol. The van der Waals surface area contributed by atoms with E-state index in [1.54, 1.807) is 11.3 Å². The van der Waals surface area contributed by atoms with Gasteiger partial charge in [0, 0.05) is 32.1 Å². The van der Waals surface area contributed by atoms with Gasteiger partial charge in [-0.2, -0.15) is 0 Å². The van der Waals surface area contributed by atoms with Crippen LogP contribution in [0.2, 0.25) is 0 Å². The highest BCUT2D eigenvalue weighted by atomic mass is 32.1. The number of aromatic nitrogens is 1. The van der Waals surface area contributed by atoms with Gasteiger partial charge in [0.2, 0.25) is 0 Å². The van der Waals surface area contributed by atoms with Crippen molar-refractivity contribution in [2.75, 3.05) is 0 Å². The van der Waals surface area contributed by atoms with Crippen molar-refractivity contribution in [3.8, 4) is 0 Å². The summed E-state index contributed by atoms with van der Waals surface area (Å²) in [6, 6.07) is 0.891. The molecule has 0 saturated carbocycles. The minimum atomic E-state index is 0. The van der Waals surface area contributed by atoms with E-state index in [9.17, 15) is 0 Å². The Balaban J connectivity index is 0. The Bertz CT molecular complexity index is 300. The number of hydrogen-bond donors (Lipinski definition) is 0. The van der Waals surface area contributed by atoms with Gasteiger partial charge in [0.25, 0.3) is 0 Å². The molecule has 0 spiro atoms. The molecule has 0 fully saturated rings. The SMILES string of the molecule is CC.CC(C)N=c1sccn1C(C)C.[B]. The van der Waals surface area contributed by atoms with E-state index in [-0.39, 0.29) is 8.41 Å². The first kappa shape index (κ1) is 16.9. The van der Waals surface area contributed by atoms with Gasteiger partial charge in [-0.3, -0.25) is 4.99 Å². The van der Waals surface area contributed by atoms with Crippen LogP contribution in [0.1, 0.15) is 47.6 Å². The van der Waals surface area contributed by atoms with Crippen LogP contribution in [0.3, 0.4) is 0 Å². The van der Waals surface area contributed by atoms with Crippen LogP contribution in [0.25, 0.3) is 0 Å². The minimum Gasteiger partial charge on any atom is -0.321 e. The Morgan fingerprint density at radius 1 is 1.20 bits per heavy atom. The first-order valence-electron chi connectivity index (χ1n) is 5.30. The Morgan fingerprint density at radius 3 is 2.13 bits per heavy atom. The number of nitrogens with zero attached hydrogens (tertiary/aromatic N) is 2. The predicted octanol–water partition coefficient (Wildman–Crippen LogP) is 3.09. The van der Waals surface area contributed by atoms with Crippen LogP contribution in [0, 0.1) is 0 Å². The maximum atomic E-state index is 4.52. The Hall–Kier alpha value is -0.505. The van der Waals surface area contributed by atoms with Crippen LogP contribution in [0.15, 0.2) is 16.6 Å². The second kappa shape index (κ2) is 8.78. The van der Waals surface area contributed by atoms with Gasteiger partial charge >= 0.3 is 0 Å². The lowest BCUT2D eigenvalue weighted by Crippen LogP contribution is -2.17. The minimum absolute atomic E-state index is 0. The number of rotatable bonds is 2. The highest BCUT2D eigenvalue weighted by Gasteiger charge is 1.99. The third-order valence-corrected chi connectivity index (χ3v) is 2.33. The topological polar surface area (TPSA) is 17.3 Å². The Morgan fingerprint density at radius 2 is 1.73 bits per heavy atom. The average Bonchev–Trinajstić information content (AvgIpc) is 2.55. The lowest BCUT2D eigenvalue weighted by Gasteiger charge is -2.06. The summed E-state index contributed by atoms with van der Waals surface area (Å²) in [5.41, 5.74) is 0. The van der Waals surface area contributed by atoms with Crippen molar-refractivity contribution in [2.45, 2.75) is 53.6 Å². The van der Waals surface area contributed by atoms with Crippen molar-refractivity contribution in [1.82, 2.24) is 4.57 Å². The normalized spacial score (nSPS) is 11.1. The molecule has 15 heavy (non-hydrogen) atoms. The molecule has 0 unspecified atom stereocenters. The van der Waals surface area contributed by atoms with Gasteiger partial charge in [0.1, 0.15) is 0 Å². The highest BCUT2D eigenvalue weighted by Crippen LogP contribution is 2.01. The molecule has 0 amide bonds. The number of hydrogen-bond acceptors (Lipinski definition) is 2. The lowest BCUT2D eigenvalue weighted by atomic mass is 10.4. The molecule has 3 radical (unpaired) electrons. The molecule has 0 saturated heterocycles. The monoisotopic (exact) mass is 225 g/mol. The molecule has 85 valence electrons. The van der Waals surface area contributed by atoms with E-state index in [0.717, 1.165) is 4.80 Å². The van der Waals surface area contributed by atoms with Crippen molar-refractivity contribution in [1.29, 1.82) is 0 Å². The van der Waals surface area contributed by atoms with E-state index >= 15 is 0 Å². The summed E-state index contributed by atoms with van der Waals surface area (Å²) < 4.78 is 2.20. The third kappa shape index (κ3) is 5.83. The van der Waals surface area contributed by atoms with Gasteiger partial charge in [-0.15, -0.1) is 11.3 Å². The van der Waals surface area contributed by atoms with Gasteiger partial charge in [0.05, 0.1) is 0 Å². The molecule has 0 bridgehead atoms. The summed E-state index contributed by atoms with van der Waals surface area (Å²) in [6.07, 6.45) is 2.09. The van der Waals surface area contributed by atoms with Gasteiger partial charge in [0.15, 0.2) is 4.80 Å². The van der Waals surface area contributed by atoms with Crippen LogP contribution in [0.4, 0.5) is 0 Å². The molecule has 1 heterocycles. The molecule has 0 aliphatic carbocycles. The molecular formula is C11H22BN2S. The van der Waals surface area contributed by atoms with E-state index in [4.69, 9.17) is 0 Å². The molecule has 0 aromatic carbocycles. The molecule has 0 aliphatic rings. The second-order valence-corrected chi connectivity index (χ2v) is 4.28. The fourth-order valence-corrected chi connectivity index (χ4v) is 1.97. The quantitative estimate of drug-likeness (QED) is 0.688. The van der Waals surface area contributed by atoms with Gasteiger partial charge in [-0.25, -0.2) is 0 Å². The second-order valence-electron chi connectivity index (χ2n) is 3.41. The zero-order valence-corrected chi connectivity index (χ0v) is 11.5. The van der Waals surface area contributed by atoms with Crippen LogP contribution in [-0.4, -0.2) is 19.0 Å². The molecule has 1 rings (SSSR count). The van der Waals surface area contributed by atoms with E-state index in [1.165, 1.54) is 0 Å². The van der Waals surface area contributed by atoms with E-state index in [0.29, 0.717) is 12.1 Å². The fraction of sp³-hybridized carbons (Fsp3) is 0.727. The summed E-state index contributed by atoms with van der Waals surface area (Å²) in [5, 5.41) is 2.08. The van der Waals surface area contributed by atoms with Gasteiger partial charge in [-0.1, -0.05) is 13.8 Å². The van der Waals surface area contributed by atoms with Crippen LogP contribution < -0.4 is 4.80 Å². The molecule has 4 heteroatoms. The van der Waals surface area contributed by atoms with E-state index in [1.807, 2.05) is 13.8 Å². The fourth-order valence-electron chi connectivity index (χ4n) is 0.992. The van der Waals surface area contributed by atoms with Crippen molar-refractivity contribution in [2.24, 2.45) is 4.99 Å². The number of thiazole rings is 1. The largest absolute Gasteiger partial charge is 0.321 e. The molecule has 1 aromatic rings. The molecule has 0 aliphatic heterocycles. The van der Waals surface area contributed by atoms with Gasteiger partial charge in [-0.05, 0) is 27.7 Å². The molecular weight excluding hydrogens is 203 g/mol. The maximum Gasteiger partial charge on any atom is 0.185 e. The third-order valence-electron chi connectivity index (χ3n) is 1.54. The van der Waals surface area contributed by atoms with E-state index in [2.05, 4.69) is 48.8 Å². The highest BCUT2D eigenvalue weighted by molar-refractivity contribution is 7.07. The first-order valence-corrected chi connectivity index (χ1v) is 6.18. The summed E-state index contributed by atoms with van der Waals surface area (Å²) in [4.78, 5) is 5.65. The van der Waals surface area contributed by atoms with E-state index < -0.39 is 0 Å². The summed E-state index contributed by atoms with van der Waals surface area (Å²) in [7, 11) is 0. The summed E-state index contributed by atoms with van der Waals surface area (Å²) >= 11 is 1.70. The predicted molar refractivity (Wildman–Crippen MR) is 70.5 cm³/mol. The van der Waals surface area contributed by atoms with Crippen molar-refractivity contribution < 1.29 is 0 Å². The van der Waals surface area contributed by atoms with Crippen molar-refractivity contribution in [3.63, 3.8) is 0 Å². The smallest absolute Gasteiger partial charge is 0.185 e. The maximum absolute atomic E-state index is 4.52. The zero-order valence-electron chi connectivity index (χ0n) is 10.7. The molecule has 0 atom stereocenters. The molecule has 1 aromatic heterocycles. The first-order chi connectivity index (χ1) is 6.61. The lowest BCUT2D eigenvalue weighted by molar-refractivity contribution is 0.574. The van der Waals surface area contributed by atoms with Gasteiger partial charge < -0.3 is 4.57 Å². The molecule has 2 nitrogen and oxygen atoms in total. The Kier molecular flexibility index (Phi) is 9.89.